The first-order valence-electron chi connectivity index (χ1n) is 11.9. The molecule has 1 N–H and O–H groups in total. The van der Waals surface area contributed by atoms with Crippen LogP contribution in [0.15, 0.2) is 54.7 Å². The van der Waals surface area contributed by atoms with Crippen LogP contribution in [0, 0.1) is 12.7 Å². The Morgan fingerprint density at radius 3 is 2.78 bits per heavy atom. The van der Waals surface area contributed by atoms with Crippen molar-refractivity contribution in [1.29, 1.82) is 0 Å². The minimum absolute atomic E-state index is 0.243. The molecule has 2 aliphatic heterocycles. The molecule has 11 heteroatoms. The second-order valence-electron chi connectivity index (χ2n) is 9.21. The zero-order chi connectivity index (χ0) is 25.6. The monoisotopic (exact) mass is 518 g/mol. The number of tetrazole rings is 1. The lowest BCUT2D eigenvalue weighted by Gasteiger charge is -2.43. The molecule has 1 fully saturated rings. The largest absolute Gasteiger partial charge is 0.482 e. The molecule has 0 amide bonds. The van der Waals surface area contributed by atoms with Crippen molar-refractivity contribution in [1.82, 2.24) is 25.2 Å². The summed E-state index contributed by atoms with van der Waals surface area (Å²) in [6, 6.07) is 12.9. The molecule has 0 radical (unpaired) electrons. The van der Waals surface area contributed by atoms with Crippen molar-refractivity contribution in [2.45, 2.75) is 31.9 Å². The summed E-state index contributed by atoms with van der Waals surface area (Å²) in [6.45, 7) is 3.06. The minimum atomic E-state index is -1.03. The van der Waals surface area contributed by atoms with Crippen LogP contribution in [-0.2, 0) is 11.3 Å². The number of carbonyl (C=O) groups is 1. The first kappa shape index (κ1) is 23.3. The molecule has 1 saturated heterocycles. The molecule has 0 atom stereocenters. The van der Waals surface area contributed by atoms with Gasteiger partial charge < -0.3 is 14.7 Å². The highest BCUT2D eigenvalue weighted by molar-refractivity contribution is 7.18. The molecule has 2 aromatic heterocycles. The van der Waals surface area contributed by atoms with Crippen LogP contribution >= 0.6 is 11.3 Å². The van der Waals surface area contributed by atoms with Gasteiger partial charge >= 0.3 is 5.97 Å². The summed E-state index contributed by atoms with van der Waals surface area (Å²) in [5.41, 5.74) is 3.51. The second-order valence-corrected chi connectivity index (χ2v) is 10.2. The van der Waals surface area contributed by atoms with E-state index in [0.717, 1.165) is 68.7 Å². The van der Waals surface area contributed by atoms with Crippen molar-refractivity contribution in [2.75, 3.05) is 18.0 Å². The Labute approximate surface area is 215 Å². The summed E-state index contributed by atoms with van der Waals surface area (Å²) in [7, 11) is 0. The van der Waals surface area contributed by atoms with Gasteiger partial charge in [0.05, 0.1) is 11.1 Å². The van der Waals surface area contributed by atoms with Crippen LogP contribution in [0.3, 0.4) is 0 Å². The third kappa shape index (κ3) is 4.46. The molecule has 37 heavy (non-hydrogen) atoms. The average molecular weight is 519 g/mol. The van der Waals surface area contributed by atoms with Gasteiger partial charge in [0.2, 0.25) is 5.82 Å². The maximum Gasteiger partial charge on any atom is 0.327 e. The topological polar surface area (TPSA) is 106 Å². The number of thiazole rings is 1. The van der Waals surface area contributed by atoms with Crippen molar-refractivity contribution in [3.8, 4) is 16.5 Å². The lowest BCUT2D eigenvalue weighted by molar-refractivity contribution is -0.138. The van der Waals surface area contributed by atoms with E-state index in [1.54, 1.807) is 12.3 Å². The predicted octanol–water partition coefficient (Wildman–Crippen LogP) is 4.19. The number of aryl methyl sites for hydroxylation is 1. The van der Waals surface area contributed by atoms with Crippen molar-refractivity contribution < 1.29 is 19.0 Å². The van der Waals surface area contributed by atoms with Crippen LogP contribution in [0.5, 0.6) is 5.75 Å². The van der Waals surface area contributed by atoms with Crippen LogP contribution in [0.1, 0.15) is 29.5 Å². The van der Waals surface area contributed by atoms with Crippen LogP contribution in [-0.4, -0.2) is 55.0 Å². The third-order valence-electron chi connectivity index (χ3n) is 6.70. The molecular formula is C26H23FN6O3S. The van der Waals surface area contributed by atoms with Gasteiger partial charge in [-0.25, -0.2) is 9.37 Å². The Balaban J connectivity index is 1.24. The Hall–Kier alpha value is -4.12. The molecule has 2 aliphatic rings. The molecule has 0 aliphatic carbocycles. The number of para-hydroxylation sites is 1. The standard InChI is InChI=1S/C26H23FN6O3S/c1-16-12-17(27)6-7-18(16)20-13-26(36-21-5-3-2-4-19(20)21)8-10-32(11-9-26)25-28-14-22(37-25)24-29-31-33(30-24)15-23(34)35/h2-7,12-14H,8-11,15H2,1H3,(H,34,35). The number of halogens is 1. The molecule has 9 nitrogen and oxygen atoms in total. The van der Waals surface area contributed by atoms with E-state index >= 15 is 0 Å². The van der Waals surface area contributed by atoms with Gasteiger partial charge in [0.15, 0.2) is 11.7 Å². The Morgan fingerprint density at radius 2 is 2.00 bits per heavy atom. The maximum absolute atomic E-state index is 13.8. The van der Waals surface area contributed by atoms with Gasteiger partial charge in [-0.1, -0.05) is 35.6 Å². The van der Waals surface area contributed by atoms with Gasteiger partial charge in [0.1, 0.15) is 17.2 Å². The van der Waals surface area contributed by atoms with Crippen molar-refractivity contribution >= 4 is 28.0 Å². The number of nitrogens with zero attached hydrogens (tertiary/aromatic N) is 6. The number of benzene rings is 2. The maximum atomic E-state index is 13.8. The summed E-state index contributed by atoms with van der Waals surface area (Å²) in [5.74, 6) is -0.0830. The Kier molecular flexibility index (Phi) is 5.71. The van der Waals surface area contributed by atoms with Crippen LogP contribution in [0.2, 0.25) is 0 Å². The number of aliphatic carboxylic acids is 1. The highest BCUT2D eigenvalue weighted by Crippen LogP contribution is 2.44. The SMILES string of the molecule is Cc1cc(F)ccc1C1=CC2(CCN(c3ncc(-c4nnn(CC(=O)O)n4)s3)CC2)Oc2ccccc21. The van der Waals surface area contributed by atoms with E-state index in [-0.39, 0.29) is 12.4 Å². The van der Waals surface area contributed by atoms with Crippen LogP contribution in [0.25, 0.3) is 16.3 Å². The lowest BCUT2D eigenvalue weighted by atomic mass is 9.82. The molecule has 4 heterocycles. The first-order valence-corrected chi connectivity index (χ1v) is 12.7. The van der Waals surface area contributed by atoms with Gasteiger partial charge in [0, 0.05) is 31.5 Å². The number of aromatic nitrogens is 5. The smallest absolute Gasteiger partial charge is 0.327 e. The van der Waals surface area contributed by atoms with Gasteiger partial charge in [-0.2, -0.15) is 4.80 Å². The van der Waals surface area contributed by atoms with Gasteiger partial charge in [-0.15, -0.1) is 10.2 Å². The highest BCUT2D eigenvalue weighted by atomic mass is 32.1. The quantitative estimate of drug-likeness (QED) is 0.419. The fourth-order valence-corrected chi connectivity index (χ4v) is 5.78. The fourth-order valence-electron chi connectivity index (χ4n) is 4.89. The minimum Gasteiger partial charge on any atom is -0.482 e. The number of hydrogen-bond acceptors (Lipinski definition) is 8. The van der Waals surface area contributed by atoms with Crippen molar-refractivity contribution in [3.63, 3.8) is 0 Å². The van der Waals surface area contributed by atoms with E-state index in [2.05, 4.69) is 31.4 Å². The highest BCUT2D eigenvalue weighted by Gasteiger charge is 2.39. The van der Waals surface area contributed by atoms with Crippen LogP contribution in [0.4, 0.5) is 9.52 Å². The van der Waals surface area contributed by atoms with Crippen molar-refractivity contribution in [3.05, 3.63) is 77.2 Å². The third-order valence-corrected chi connectivity index (χ3v) is 7.75. The number of piperidine rings is 1. The number of carboxylic acid groups (broad SMARTS) is 1. The number of anilines is 1. The average Bonchev–Trinajstić information content (AvgIpc) is 3.54. The molecule has 6 rings (SSSR count). The zero-order valence-corrected chi connectivity index (χ0v) is 20.8. The number of rotatable bonds is 5. The van der Waals surface area contributed by atoms with Crippen molar-refractivity contribution in [2.24, 2.45) is 0 Å². The number of ether oxygens (including phenoxy) is 1. The second kappa shape index (κ2) is 9.07. The normalized spacial score (nSPS) is 16.3. The van der Waals surface area contributed by atoms with E-state index in [4.69, 9.17) is 9.84 Å². The fraction of sp³-hybridized carbons (Fsp3) is 0.269. The van der Waals surface area contributed by atoms with E-state index in [1.165, 1.54) is 17.4 Å². The molecule has 0 saturated carbocycles. The number of hydrogen-bond donors (Lipinski definition) is 1. The summed E-state index contributed by atoms with van der Waals surface area (Å²) >= 11 is 1.45. The molecular weight excluding hydrogens is 495 g/mol. The van der Waals surface area contributed by atoms with E-state index in [0.29, 0.717) is 5.82 Å². The zero-order valence-electron chi connectivity index (χ0n) is 20.0. The summed E-state index contributed by atoms with van der Waals surface area (Å²) in [6.07, 6.45) is 5.42. The van der Waals surface area contributed by atoms with Crippen LogP contribution < -0.4 is 9.64 Å². The summed E-state index contributed by atoms with van der Waals surface area (Å²) in [4.78, 5) is 19.4. The summed E-state index contributed by atoms with van der Waals surface area (Å²) < 4.78 is 20.4. The van der Waals surface area contributed by atoms with Gasteiger partial charge in [-0.3, -0.25) is 4.79 Å². The predicted molar refractivity (Wildman–Crippen MR) is 136 cm³/mol. The molecule has 4 aromatic rings. The molecule has 1 spiro atoms. The Morgan fingerprint density at radius 1 is 1.19 bits per heavy atom. The summed E-state index contributed by atoms with van der Waals surface area (Å²) in [5, 5.41) is 21.6. The molecule has 188 valence electrons. The van der Waals surface area contributed by atoms with E-state index in [1.807, 2.05) is 37.3 Å². The van der Waals surface area contributed by atoms with Gasteiger partial charge in [-0.05, 0) is 53.1 Å². The van der Waals surface area contributed by atoms with Gasteiger partial charge in [0.25, 0.3) is 0 Å². The Bertz CT molecular complexity index is 1520. The van der Waals surface area contributed by atoms with E-state index < -0.39 is 11.6 Å². The number of fused-ring (bicyclic) bond motifs is 1. The molecule has 0 bridgehead atoms. The lowest BCUT2D eigenvalue weighted by Crippen LogP contribution is -2.48. The van der Waals surface area contributed by atoms with E-state index in [9.17, 15) is 9.18 Å². The molecule has 0 unspecified atom stereocenters. The number of carboxylic acids is 1. The molecule has 2 aromatic carbocycles. The first-order chi connectivity index (χ1) is 17.9.